The van der Waals surface area contributed by atoms with E-state index < -0.39 is 0 Å². The SMILES string of the molecule is COCCOc1cc(C)ccc1NC(=O)c1ccn(C2CCCNC2)n1.Cl. The molecule has 0 saturated carbocycles. The molecule has 8 heteroatoms. The Morgan fingerprint density at radius 1 is 1.37 bits per heavy atom. The number of hydrogen-bond donors (Lipinski definition) is 2. The number of rotatable bonds is 7. The van der Waals surface area contributed by atoms with Gasteiger partial charge in [0.1, 0.15) is 12.4 Å². The normalized spacial score (nSPS) is 16.4. The summed E-state index contributed by atoms with van der Waals surface area (Å²) < 4.78 is 12.6. The fraction of sp³-hybridized carbons (Fsp3) is 0.474. The summed E-state index contributed by atoms with van der Waals surface area (Å²) in [7, 11) is 1.63. The maximum absolute atomic E-state index is 12.6. The molecule has 1 aliphatic rings. The van der Waals surface area contributed by atoms with Gasteiger partial charge in [-0.25, -0.2) is 0 Å². The molecule has 2 N–H and O–H groups in total. The maximum Gasteiger partial charge on any atom is 0.276 e. The molecule has 1 unspecified atom stereocenters. The molecule has 2 aromatic rings. The lowest BCUT2D eigenvalue weighted by Gasteiger charge is -2.22. The first-order valence-corrected chi connectivity index (χ1v) is 8.97. The minimum absolute atomic E-state index is 0. The van der Waals surface area contributed by atoms with Crippen molar-refractivity contribution in [1.82, 2.24) is 15.1 Å². The number of benzene rings is 1. The molecule has 1 atom stereocenters. The van der Waals surface area contributed by atoms with Gasteiger partial charge in [0.15, 0.2) is 5.69 Å². The number of ether oxygens (including phenoxy) is 2. The smallest absolute Gasteiger partial charge is 0.276 e. The Morgan fingerprint density at radius 2 is 2.22 bits per heavy atom. The van der Waals surface area contributed by atoms with E-state index in [0.717, 1.165) is 31.5 Å². The Labute approximate surface area is 165 Å². The largest absolute Gasteiger partial charge is 0.489 e. The zero-order chi connectivity index (χ0) is 18.4. The van der Waals surface area contributed by atoms with E-state index in [0.29, 0.717) is 36.4 Å². The van der Waals surface area contributed by atoms with Crippen LogP contribution in [0.4, 0.5) is 5.69 Å². The van der Waals surface area contributed by atoms with Gasteiger partial charge < -0.3 is 20.1 Å². The third kappa shape index (κ3) is 5.69. The zero-order valence-corrected chi connectivity index (χ0v) is 16.6. The van der Waals surface area contributed by atoms with Crippen molar-refractivity contribution < 1.29 is 14.3 Å². The molecule has 1 amide bonds. The summed E-state index contributed by atoms with van der Waals surface area (Å²) in [5.74, 6) is 0.388. The van der Waals surface area contributed by atoms with E-state index in [1.165, 1.54) is 0 Å². The topological polar surface area (TPSA) is 77.4 Å². The van der Waals surface area contributed by atoms with Crippen LogP contribution < -0.4 is 15.4 Å². The van der Waals surface area contributed by atoms with Crippen molar-refractivity contribution in [2.24, 2.45) is 0 Å². The highest BCUT2D eigenvalue weighted by molar-refractivity contribution is 6.03. The van der Waals surface area contributed by atoms with E-state index in [-0.39, 0.29) is 18.3 Å². The molecule has 0 bridgehead atoms. The van der Waals surface area contributed by atoms with Crippen molar-refractivity contribution in [3.8, 4) is 5.75 Å². The number of nitrogens with one attached hydrogen (secondary N) is 2. The maximum atomic E-state index is 12.6. The van der Waals surface area contributed by atoms with Gasteiger partial charge in [-0.15, -0.1) is 12.4 Å². The Bertz CT molecular complexity index is 744. The number of hydrogen-bond acceptors (Lipinski definition) is 5. The second-order valence-electron chi connectivity index (χ2n) is 6.48. The number of aromatic nitrogens is 2. The van der Waals surface area contributed by atoms with E-state index >= 15 is 0 Å². The Kier molecular flexibility index (Phi) is 8.09. The van der Waals surface area contributed by atoms with Crippen molar-refractivity contribution in [3.05, 3.63) is 41.7 Å². The molecular formula is C19H27ClN4O3. The van der Waals surface area contributed by atoms with Crippen LogP contribution in [-0.4, -0.2) is 49.1 Å². The van der Waals surface area contributed by atoms with Crippen molar-refractivity contribution in [2.75, 3.05) is 38.7 Å². The summed E-state index contributed by atoms with van der Waals surface area (Å²) in [6, 6.07) is 7.74. The molecule has 1 aromatic heterocycles. The number of halogens is 1. The highest BCUT2D eigenvalue weighted by atomic mass is 35.5. The highest BCUT2D eigenvalue weighted by Gasteiger charge is 2.18. The highest BCUT2D eigenvalue weighted by Crippen LogP contribution is 2.26. The third-order valence-corrected chi connectivity index (χ3v) is 4.42. The summed E-state index contributed by atoms with van der Waals surface area (Å²) in [6.07, 6.45) is 4.07. The van der Waals surface area contributed by atoms with Gasteiger partial charge in [-0.2, -0.15) is 5.10 Å². The average Bonchev–Trinajstić information content (AvgIpc) is 3.15. The van der Waals surface area contributed by atoms with Crippen LogP contribution in [0.3, 0.4) is 0 Å². The van der Waals surface area contributed by atoms with Crippen LogP contribution >= 0.6 is 12.4 Å². The lowest BCUT2D eigenvalue weighted by Crippen LogP contribution is -2.32. The first-order chi connectivity index (χ1) is 12.7. The fourth-order valence-electron chi connectivity index (χ4n) is 3.00. The molecule has 1 aliphatic heterocycles. The zero-order valence-electron chi connectivity index (χ0n) is 15.7. The average molecular weight is 395 g/mol. The predicted molar refractivity (Wildman–Crippen MR) is 107 cm³/mol. The first kappa shape index (κ1) is 21.2. The second kappa shape index (κ2) is 10.3. The summed E-state index contributed by atoms with van der Waals surface area (Å²) in [5, 5.41) is 10.7. The van der Waals surface area contributed by atoms with Crippen molar-refractivity contribution in [2.45, 2.75) is 25.8 Å². The Balaban J connectivity index is 0.00000261. The van der Waals surface area contributed by atoms with Crippen LogP contribution in [0.15, 0.2) is 30.5 Å². The van der Waals surface area contributed by atoms with Gasteiger partial charge in [-0.05, 0) is 50.1 Å². The van der Waals surface area contributed by atoms with E-state index in [2.05, 4.69) is 15.7 Å². The molecule has 1 fully saturated rings. The molecule has 1 aromatic carbocycles. The number of carbonyl (C=O) groups is 1. The lowest BCUT2D eigenvalue weighted by molar-refractivity contribution is 0.102. The first-order valence-electron chi connectivity index (χ1n) is 8.97. The summed E-state index contributed by atoms with van der Waals surface area (Å²) in [5.41, 5.74) is 2.09. The Morgan fingerprint density at radius 3 is 2.96 bits per heavy atom. The Hall–Kier alpha value is -2.09. The third-order valence-electron chi connectivity index (χ3n) is 4.42. The van der Waals surface area contributed by atoms with Crippen molar-refractivity contribution in [1.29, 1.82) is 0 Å². The molecule has 27 heavy (non-hydrogen) atoms. The number of methoxy groups -OCH3 is 1. The molecule has 0 radical (unpaired) electrons. The number of aryl methyl sites for hydroxylation is 1. The number of piperidine rings is 1. The molecule has 3 rings (SSSR count). The molecule has 2 heterocycles. The molecule has 7 nitrogen and oxygen atoms in total. The lowest BCUT2D eigenvalue weighted by atomic mass is 10.1. The van der Waals surface area contributed by atoms with Gasteiger partial charge in [0, 0.05) is 19.9 Å². The van der Waals surface area contributed by atoms with Gasteiger partial charge in [0.05, 0.1) is 18.3 Å². The second-order valence-corrected chi connectivity index (χ2v) is 6.48. The standard InChI is InChI=1S/C19H26N4O3.ClH/c1-14-5-6-16(18(12-14)26-11-10-25-2)21-19(24)17-7-9-23(22-17)15-4-3-8-20-13-15;/h5-7,9,12,15,20H,3-4,8,10-11,13H2,1-2H3,(H,21,24);1H. The summed E-state index contributed by atoms with van der Waals surface area (Å²) in [4.78, 5) is 12.6. The van der Waals surface area contributed by atoms with Crippen LogP contribution in [0.1, 0.15) is 34.9 Å². The number of nitrogens with zero attached hydrogens (tertiary/aromatic N) is 2. The molecular weight excluding hydrogens is 368 g/mol. The molecule has 148 valence electrons. The van der Waals surface area contributed by atoms with Crippen LogP contribution in [-0.2, 0) is 4.74 Å². The van der Waals surface area contributed by atoms with Gasteiger partial charge in [0.25, 0.3) is 5.91 Å². The van der Waals surface area contributed by atoms with Gasteiger partial charge in [-0.3, -0.25) is 9.48 Å². The van der Waals surface area contributed by atoms with Crippen LogP contribution in [0.2, 0.25) is 0 Å². The number of carbonyl (C=O) groups excluding carboxylic acids is 1. The summed E-state index contributed by atoms with van der Waals surface area (Å²) >= 11 is 0. The van der Waals surface area contributed by atoms with Crippen LogP contribution in [0.25, 0.3) is 0 Å². The van der Waals surface area contributed by atoms with E-state index in [4.69, 9.17) is 9.47 Å². The van der Waals surface area contributed by atoms with Gasteiger partial charge in [0.2, 0.25) is 0 Å². The van der Waals surface area contributed by atoms with Crippen molar-refractivity contribution in [3.63, 3.8) is 0 Å². The van der Waals surface area contributed by atoms with E-state index in [1.807, 2.05) is 36.0 Å². The quantitative estimate of drug-likeness (QED) is 0.706. The minimum Gasteiger partial charge on any atom is -0.489 e. The molecule has 0 aliphatic carbocycles. The molecule has 1 saturated heterocycles. The predicted octanol–water partition coefficient (Wildman–Crippen LogP) is 2.82. The van der Waals surface area contributed by atoms with Gasteiger partial charge >= 0.3 is 0 Å². The number of anilines is 1. The van der Waals surface area contributed by atoms with E-state index in [1.54, 1.807) is 13.2 Å². The van der Waals surface area contributed by atoms with Crippen LogP contribution in [0.5, 0.6) is 5.75 Å². The fourth-order valence-corrected chi connectivity index (χ4v) is 3.00. The monoisotopic (exact) mass is 394 g/mol. The minimum atomic E-state index is -0.243. The van der Waals surface area contributed by atoms with Crippen LogP contribution in [0, 0.1) is 6.92 Å². The van der Waals surface area contributed by atoms with Gasteiger partial charge in [-0.1, -0.05) is 6.07 Å². The number of amides is 1. The summed E-state index contributed by atoms with van der Waals surface area (Å²) in [6.45, 7) is 4.82. The molecule has 0 spiro atoms. The van der Waals surface area contributed by atoms with E-state index in [9.17, 15) is 4.79 Å². The van der Waals surface area contributed by atoms with Crippen molar-refractivity contribution >= 4 is 24.0 Å².